The minimum atomic E-state index is -0.00927. The number of carbonyl (C=O) groups is 1. The Morgan fingerprint density at radius 1 is 1.30 bits per heavy atom. The normalized spacial score (nSPS) is 17.3. The minimum Gasteiger partial charge on any atom is -0.420 e. The Labute approximate surface area is 126 Å². The van der Waals surface area contributed by atoms with Crippen LogP contribution >= 0.6 is 23.1 Å². The molecule has 6 heteroatoms. The first kappa shape index (κ1) is 13.8. The van der Waals surface area contributed by atoms with Crippen molar-refractivity contribution in [2.24, 2.45) is 5.41 Å². The minimum absolute atomic E-state index is 0.00927. The number of nitrogens with zero attached hydrogens (tertiary/aromatic N) is 2. The van der Waals surface area contributed by atoms with Crippen LogP contribution in [0.1, 0.15) is 42.1 Å². The molecule has 0 amide bonds. The summed E-state index contributed by atoms with van der Waals surface area (Å²) < 4.78 is 6.63. The van der Waals surface area contributed by atoms with Crippen molar-refractivity contribution in [2.45, 2.75) is 37.8 Å². The van der Waals surface area contributed by atoms with Crippen LogP contribution in [0.3, 0.4) is 0 Å². The number of aryl methyl sites for hydroxylation is 1. The molecule has 0 saturated heterocycles. The molecule has 0 spiro atoms. The van der Waals surface area contributed by atoms with E-state index in [1.165, 1.54) is 0 Å². The van der Waals surface area contributed by atoms with Crippen LogP contribution in [0.5, 0.6) is 0 Å². The smallest absolute Gasteiger partial charge is 0.258 e. The van der Waals surface area contributed by atoms with Gasteiger partial charge in [0.1, 0.15) is 0 Å². The SMILES string of the molecule is CSc1sc(-c2nnc(C)o2)c2c1C(=O)CC(C)(C)C2. The number of rotatable bonds is 2. The van der Waals surface area contributed by atoms with E-state index in [9.17, 15) is 4.79 Å². The number of hydrogen-bond donors (Lipinski definition) is 0. The highest BCUT2D eigenvalue weighted by Gasteiger charge is 2.37. The largest absolute Gasteiger partial charge is 0.420 e. The molecule has 0 aromatic carbocycles. The highest BCUT2D eigenvalue weighted by atomic mass is 32.2. The molecule has 0 N–H and O–H groups in total. The van der Waals surface area contributed by atoms with Crippen molar-refractivity contribution in [2.75, 3.05) is 6.26 Å². The first-order valence-electron chi connectivity index (χ1n) is 6.44. The van der Waals surface area contributed by atoms with Gasteiger partial charge in [0.25, 0.3) is 5.89 Å². The zero-order valence-electron chi connectivity index (χ0n) is 11.9. The summed E-state index contributed by atoms with van der Waals surface area (Å²) in [5.74, 6) is 1.32. The lowest BCUT2D eigenvalue weighted by molar-refractivity contribution is 0.0910. The summed E-state index contributed by atoms with van der Waals surface area (Å²) >= 11 is 3.21. The van der Waals surface area contributed by atoms with Crippen LogP contribution in [-0.2, 0) is 6.42 Å². The van der Waals surface area contributed by atoms with Gasteiger partial charge in [0.2, 0.25) is 5.89 Å². The predicted molar refractivity (Wildman–Crippen MR) is 80.6 cm³/mol. The van der Waals surface area contributed by atoms with Gasteiger partial charge in [0.05, 0.1) is 9.09 Å². The molecule has 4 nitrogen and oxygen atoms in total. The van der Waals surface area contributed by atoms with Gasteiger partial charge in [0, 0.05) is 18.9 Å². The summed E-state index contributed by atoms with van der Waals surface area (Å²) in [5.41, 5.74) is 1.96. The van der Waals surface area contributed by atoms with Crippen LogP contribution in [0.15, 0.2) is 8.63 Å². The quantitative estimate of drug-likeness (QED) is 0.785. The van der Waals surface area contributed by atoms with Crippen LogP contribution < -0.4 is 0 Å². The number of hydrogen-bond acceptors (Lipinski definition) is 6. The lowest BCUT2D eigenvalue weighted by Gasteiger charge is -2.29. The summed E-state index contributed by atoms with van der Waals surface area (Å²) in [6.45, 7) is 6.04. The Morgan fingerprint density at radius 2 is 2.05 bits per heavy atom. The summed E-state index contributed by atoms with van der Waals surface area (Å²) in [7, 11) is 0. The van der Waals surface area contributed by atoms with E-state index in [-0.39, 0.29) is 11.2 Å². The van der Waals surface area contributed by atoms with E-state index in [0.29, 0.717) is 18.2 Å². The molecule has 0 radical (unpaired) electrons. The number of fused-ring (bicyclic) bond motifs is 1. The fourth-order valence-electron chi connectivity index (χ4n) is 2.66. The fourth-order valence-corrected chi connectivity index (χ4v) is 4.68. The standard InChI is InChI=1S/C14H16N2O2S2/c1-7-15-16-12(18-7)11-8-5-14(2,3)6-9(17)10(8)13(19-4)20-11/h5-6H2,1-4H3. The van der Waals surface area contributed by atoms with Gasteiger partial charge in [-0.1, -0.05) is 13.8 Å². The Morgan fingerprint density at radius 3 is 2.65 bits per heavy atom. The second-order valence-electron chi connectivity index (χ2n) is 5.84. The molecule has 0 aliphatic heterocycles. The zero-order valence-corrected chi connectivity index (χ0v) is 13.6. The van der Waals surface area contributed by atoms with Crippen molar-refractivity contribution in [1.82, 2.24) is 10.2 Å². The Hall–Kier alpha value is -1.14. The average molecular weight is 308 g/mol. The molecule has 2 aromatic rings. The van der Waals surface area contributed by atoms with Gasteiger partial charge >= 0.3 is 0 Å². The first-order valence-corrected chi connectivity index (χ1v) is 8.49. The molecule has 0 unspecified atom stereocenters. The summed E-state index contributed by atoms with van der Waals surface area (Å²) in [6.07, 6.45) is 3.48. The Kier molecular flexibility index (Phi) is 3.25. The average Bonchev–Trinajstić information content (AvgIpc) is 2.91. The van der Waals surface area contributed by atoms with Crippen molar-refractivity contribution in [3.05, 3.63) is 17.0 Å². The van der Waals surface area contributed by atoms with E-state index in [4.69, 9.17) is 4.42 Å². The maximum Gasteiger partial charge on any atom is 0.258 e. The van der Waals surface area contributed by atoms with Crippen LogP contribution in [-0.4, -0.2) is 22.2 Å². The monoisotopic (exact) mass is 308 g/mol. The number of ketones is 1. The first-order chi connectivity index (χ1) is 9.41. The fraction of sp³-hybridized carbons (Fsp3) is 0.500. The molecule has 0 saturated carbocycles. The molecule has 3 rings (SSSR count). The molecule has 2 heterocycles. The third-order valence-corrected chi connectivity index (χ3v) is 5.79. The maximum absolute atomic E-state index is 12.5. The number of thiophene rings is 1. The predicted octanol–water partition coefficient (Wildman–Crippen LogP) is 3.98. The molecule has 0 fully saturated rings. The number of Topliss-reactive ketones (excluding diaryl/α,β-unsaturated/α-hetero) is 1. The van der Waals surface area contributed by atoms with Crippen LogP contribution in [0.25, 0.3) is 10.8 Å². The molecular formula is C14H16N2O2S2. The summed E-state index contributed by atoms with van der Waals surface area (Å²) in [6, 6.07) is 0. The molecular weight excluding hydrogens is 292 g/mol. The molecule has 2 aromatic heterocycles. The lowest BCUT2D eigenvalue weighted by atomic mass is 9.74. The summed E-state index contributed by atoms with van der Waals surface area (Å²) in [4.78, 5) is 13.4. The van der Waals surface area contributed by atoms with E-state index in [1.807, 2.05) is 6.26 Å². The van der Waals surface area contributed by atoms with Crippen LogP contribution in [0, 0.1) is 12.3 Å². The topological polar surface area (TPSA) is 56.0 Å². The number of thioether (sulfide) groups is 1. The van der Waals surface area contributed by atoms with Crippen LogP contribution in [0.4, 0.5) is 0 Å². The molecule has 20 heavy (non-hydrogen) atoms. The van der Waals surface area contributed by atoms with Gasteiger partial charge < -0.3 is 4.42 Å². The molecule has 106 valence electrons. The van der Waals surface area contributed by atoms with Gasteiger partial charge in [-0.15, -0.1) is 33.3 Å². The third kappa shape index (κ3) is 2.20. The molecule has 1 aliphatic rings. The van der Waals surface area contributed by atoms with E-state index in [2.05, 4.69) is 24.0 Å². The third-order valence-electron chi connectivity index (χ3n) is 3.45. The van der Waals surface area contributed by atoms with Crippen molar-refractivity contribution in [1.29, 1.82) is 0 Å². The van der Waals surface area contributed by atoms with E-state index >= 15 is 0 Å². The highest BCUT2D eigenvalue weighted by Crippen LogP contribution is 2.47. The molecule has 1 aliphatic carbocycles. The zero-order chi connectivity index (χ0) is 14.5. The second-order valence-corrected chi connectivity index (χ2v) is 7.94. The molecule has 0 bridgehead atoms. The van der Waals surface area contributed by atoms with Gasteiger partial charge in [-0.05, 0) is 23.7 Å². The van der Waals surface area contributed by atoms with E-state index in [0.717, 1.165) is 26.6 Å². The second kappa shape index (κ2) is 4.70. The van der Waals surface area contributed by atoms with Crippen molar-refractivity contribution in [3.8, 4) is 10.8 Å². The van der Waals surface area contributed by atoms with E-state index < -0.39 is 0 Å². The highest BCUT2D eigenvalue weighted by molar-refractivity contribution is 8.00. The lowest BCUT2D eigenvalue weighted by Crippen LogP contribution is -2.26. The van der Waals surface area contributed by atoms with Crippen molar-refractivity contribution in [3.63, 3.8) is 0 Å². The van der Waals surface area contributed by atoms with Crippen molar-refractivity contribution >= 4 is 28.9 Å². The van der Waals surface area contributed by atoms with Gasteiger partial charge in [0.15, 0.2) is 5.78 Å². The summed E-state index contributed by atoms with van der Waals surface area (Å²) in [5, 5.41) is 8.02. The number of aromatic nitrogens is 2. The van der Waals surface area contributed by atoms with E-state index in [1.54, 1.807) is 30.0 Å². The van der Waals surface area contributed by atoms with Crippen LogP contribution in [0.2, 0.25) is 0 Å². The Bertz CT molecular complexity index is 685. The maximum atomic E-state index is 12.5. The Balaban J connectivity index is 2.20. The van der Waals surface area contributed by atoms with Gasteiger partial charge in [-0.2, -0.15) is 0 Å². The molecule has 0 atom stereocenters. The van der Waals surface area contributed by atoms with Gasteiger partial charge in [-0.3, -0.25) is 4.79 Å². The number of carbonyl (C=O) groups excluding carboxylic acids is 1. The van der Waals surface area contributed by atoms with Gasteiger partial charge in [-0.25, -0.2) is 0 Å². The van der Waals surface area contributed by atoms with Crippen molar-refractivity contribution < 1.29 is 9.21 Å².